The Labute approximate surface area is 288 Å². The SMILES string of the molecule is CC(C)N(C(=O)c1cc(F)ccc1Oc1nncnc1N1CC2(CCN(CC3=CCN(S(=O)(=O)N4C[C@@H]5C[C@H]4CN5)CC3)CC2)C1)C(C)C. The van der Waals surface area contributed by atoms with Crippen molar-refractivity contribution in [3.63, 3.8) is 0 Å². The molecule has 4 saturated heterocycles. The maximum Gasteiger partial charge on any atom is 0.282 e. The van der Waals surface area contributed by atoms with Crippen molar-refractivity contribution in [3.8, 4) is 11.6 Å². The second kappa shape index (κ2) is 13.5. The van der Waals surface area contributed by atoms with Crippen LogP contribution in [0.5, 0.6) is 11.6 Å². The third kappa shape index (κ3) is 6.79. The molecule has 13 nitrogen and oxygen atoms in total. The lowest BCUT2D eigenvalue weighted by Gasteiger charge is -2.54. The molecule has 0 unspecified atom stereocenters. The monoisotopic (exact) mass is 697 g/mol. The van der Waals surface area contributed by atoms with Crippen molar-refractivity contribution in [2.24, 2.45) is 5.41 Å². The number of hydrogen-bond acceptors (Lipinski definition) is 10. The summed E-state index contributed by atoms with van der Waals surface area (Å²) in [5.74, 6) is 0.118. The number of carbonyl (C=O) groups is 1. The number of amides is 1. The first kappa shape index (κ1) is 34.2. The second-order valence-electron chi connectivity index (χ2n) is 14.9. The molecule has 1 N–H and O–H groups in total. The van der Waals surface area contributed by atoms with E-state index in [4.69, 9.17) is 4.74 Å². The standard InChI is InChI=1S/C34H48FN9O4S/c1-23(2)44(24(3)4)33(45)29-15-26(35)5-6-30(29)48-32-31(37-22-38-39-32)41-20-34(21-41)9-13-40(14-10-34)18-25-7-11-42(12-8-25)49(46,47)43-19-27-16-28(43)17-36-27/h5-7,15,22-24,27-28,36H,8-14,16-21H2,1-4H3/t27-,28-/m0/s1. The fourth-order valence-corrected chi connectivity index (χ4v) is 10.1. The Hall–Kier alpha value is -3.24. The summed E-state index contributed by atoms with van der Waals surface area (Å²) in [5, 5.41) is 11.6. The summed E-state index contributed by atoms with van der Waals surface area (Å²) < 4.78 is 50.5. The van der Waals surface area contributed by atoms with Crippen LogP contribution in [0.3, 0.4) is 0 Å². The van der Waals surface area contributed by atoms with Gasteiger partial charge in [-0.25, -0.2) is 9.37 Å². The molecular formula is C34H48FN9O4S. The van der Waals surface area contributed by atoms with E-state index in [1.54, 1.807) is 13.5 Å². The van der Waals surface area contributed by atoms with Crippen LogP contribution in [-0.4, -0.2) is 131 Å². The lowest BCUT2D eigenvalue weighted by molar-refractivity contribution is 0.0640. The Morgan fingerprint density at radius 1 is 1.14 bits per heavy atom. The van der Waals surface area contributed by atoms with Crippen molar-refractivity contribution in [1.82, 2.24) is 38.9 Å². The molecule has 0 saturated carbocycles. The van der Waals surface area contributed by atoms with Gasteiger partial charge in [0.2, 0.25) is 0 Å². The van der Waals surface area contributed by atoms with Gasteiger partial charge in [0.25, 0.3) is 22.0 Å². The third-order valence-corrected chi connectivity index (χ3v) is 12.9. The first-order valence-corrected chi connectivity index (χ1v) is 19.0. The molecule has 2 bridgehead atoms. The van der Waals surface area contributed by atoms with Gasteiger partial charge < -0.3 is 19.9 Å². The van der Waals surface area contributed by atoms with Crippen LogP contribution in [0.4, 0.5) is 10.2 Å². The van der Waals surface area contributed by atoms with Crippen molar-refractivity contribution in [2.75, 3.05) is 63.8 Å². The molecular weight excluding hydrogens is 649 g/mol. The maximum atomic E-state index is 14.4. The number of likely N-dealkylation sites (tertiary alicyclic amines) is 1. The molecule has 5 aliphatic rings. The number of halogens is 1. The molecule has 1 amide bonds. The maximum absolute atomic E-state index is 14.4. The average Bonchev–Trinajstić information content (AvgIpc) is 3.70. The van der Waals surface area contributed by atoms with Crippen LogP contribution in [0.15, 0.2) is 36.2 Å². The van der Waals surface area contributed by atoms with Gasteiger partial charge in [-0.1, -0.05) is 11.6 Å². The highest BCUT2D eigenvalue weighted by atomic mass is 32.2. The van der Waals surface area contributed by atoms with Crippen molar-refractivity contribution in [2.45, 2.75) is 77.5 Å². The van der Waals surface area contributed by atoms with Crippen LogP contribution < -0.4 is 15.0 Å². The Morgan fingerprint density at radius 2 is 1.90 bits per heavy atom. The molecule has 266 valence electrons. The molecule has 7 rings (SSSR count). The highest BCUT2D eigenvalue weighted by Gasteiger charge is 2.47. The minimum atomic E-state index is -3.42. The van der Waals surface area contributed by atoms with E-state index in [-0.39, 0.29) is 46.6 Å². The highest BCUT2D eigenvalue weighted by molar-refractivity contribution is 7.86. The smallest absolute Gasteiger partial charge is 0.282 e. The fourth-order valence-electron chi connectivity index (χ4n) is 8.31. The minimum absolute atomic E-state index is 0.0811. The summed E-state index contributed by atoms with van der Waals surface area (Å²) >= 11 is 0. The Morgan fingerprint density at radius 3 is 2.53 bits per heavy atom. The zero-order valence-corrected chi connectivity index (χ0v) is 29.7. The van der Waals surface area contributed by atoms with Crippen molar-refractivity contribution in [1.29, 1.82) is 0 Å². The lowest BCUT2D eigenvalue weighted by Crippen LogP contribution is -2.61. The number of benzene rings is 1. The van der Waals surface area contributed by atoms with E-state index in [2.05, 4.69) is 36.4 Å². The molecule has 1 spiro atoms. The van der Waals surface area contributed by atoms with Gasteiger partial charge in [0.1, 0.15) is 17.9 Å². The number of rotatable bonds is 10. The van der Waals surface area contributed by atoms with Crippen molar-refractivity contribution < 1.29 is 22.3 Å². The van der Waals surface area contributed by atoms with Gasteiger partial charge in [0.05, 0.1) is 5.56 Å². The molecule has 15 heteroatoms. The second-order valence-corrected chi connectivity index (χ2v) is 16.8. The van der Waals surface area contributed by atoms with Crippen LogP contribution >= 0.6 is 0 Å². The van der Waals surface area contributed by atoms with E-state index in [1.807, 2.05) is 27.7 Å². The van der Waals surface area contributed by atoms with E-state index in [0.29, 0.717) is 31.5 Å². The predicted octanol–water partition coefficient (Wildman–Crippen LogP) is 2.89. The molecule has 6 heterocycles. The molecule has 49 heavy (non-hydrogen) atoms. The number of carbonyl (C=O) groups excluding carboxylic acids is 1. The van der Waals surface area contributed by atoms with Gasteiger partial charge in [0.15, 0.2) is 5.82 Å². The van der Waals surface area contributed by atoms with E-state index in [0.717, 1.165) is 65.0 Å². The summed E-state index contributed by atoms with van der Waals surface area (Å²) in [6, 6.07) is 4.17. The normalized spacial score (nSPS) is 24.5. The molecule has 1 aromatic carbocycles. The van der Waals surface area contributed by atoms with E-state index >= 15 is 0 Å². The zero-order valence-electron chi connectivity index (χ0n) is 28.9. The lowest BCUT2D eigenvalue weighted by atomic mass is 9.72. The van der Waals surface area contributed by atoms with Crippen molar-refractivity contribution in [3.05, 3.63) is 47.6 Å². The number of anilines is 1. The summed E-state index contributed by atoms with van der Waals surface area (Å²) in [7, 11) is -3.42. The molecule has 2 aromatic rings. The van der Waals surface area contributed by atoms with E-state index in [1.165, 1.54) is 30.1 Å². The average molecular weight is 698 g/mol. The van der Waals surface area contributed by atoms with E-state index < -0.39 is 16.0 Å². The largest absolute Gasteiger partial charge is 0.434 e. The molecule has 2 atom stereocenters. The minimum Gasteiger partial charge on any atom is -0.434 e. The van der Waals surface area contributed by atoms with Gasteiger partial charge in [0, 0.05) is 75.4 Å². The molecule has 0 radical (unpaired) electrons. The van der Waals surface area contributed by atoms with Crippen molar-refractivity contribution >= 4 is 21.9 Å². The summed E-state index contributed by atoms with van der Waals surface area (Å²) in [6.45, 7) is 14.5. The van der Waals surface area contributed by atoms with E-state index in [9.17, 15) is 17.6 Å². The van der Waals surface area contributed by atoms with Gasteiger partial charge >= 0.3 is 0 Å². The number of nitrogens with one attached hydrogen (secondary N) is 1. The number of hydrogen-bond donors (Lipinski definition) is 1. The first-order valence-electron chi connectivity index (χ1n) is 17.6. The van der Waals surface area contributed by atoms with Crippen LogP contribution in [0, 0.1) is 11.2 Å². The number of piperidine rings is 1. The topological polar surface area (TPSA) is 127 Å². The summed E-state index contributed by atoms with van der Waals surface area (Å²) in [6.07, 6.45) is 7.30. The number of fused-ring (bicyclic) bond motifs is 2. The zero-order chi connectivity index (χ0) is 34.5. The Kier molecular flexibility index (Phi) is 9.41. The summed E-state index contributed by atoms with van der Waals surface area (Å²) in [5.41, 5.74) is 1.62. The van der Waals surface area contributed by atoms with Crippen LogP contribution in [0.25, 0.3) is 0 Å². The Bertz CT molecular complexity index is 1680. The van der Waals surface area contributed by atoms with Crippen LogP contribution in [0.2, 0.25) is 0 Å². The van der Waals surface area contributed by atoms with Gasteiger partial charge in [-0.15, -0.1) is 10.2 Å². The quantitative estimate of drug-likeness (QED) is 0.371. The van der Waals surface area contributed by atoms with Gasteiger partial charge in [-0.2, -0.15) is 17.0 Å². The van der Waals surface area contributed by atoms with Gasteiger partial charge in [-0.05, 0) is 84.7 Å². The molecule has 0 aliphatic carbocycles. The molecule has 4 fully saturated rings. The number of aromatic nitrogens is 3. The summed E-state index contributed by atoms with van der Waals surface area (Å²) in [4.78, 5) is 24.4. The number of ether oxygens (including phenoxy) is 1. The third-order valence-electron chi connectivity index (χ3n) is 10.9. The number of piperazine rings is 1. The van der Waals surface area contributed by atoms with Gasteiger partial charge in [-0.3, -0.25) is 9.69 Å². The Balaban J connectivity index is 0.940. The number of nitrogens with zero attached hydrogens (tertiary/aromatic N) is 8. The molecule has 5 aliphatic heterocycles. The van der Waals surface area contributed by atoms with Crippen LogP contribution in [-0.2, 0) is 10.2 Å². The van der Waals surface area contributed by atoms with Crippen LogP contribution in [0.1, 0.15) is 63.7 Å². The molecule has 1 aromatic heterocycles. The highest BCUT2D eigenvalue weighted by Crippen LogP contribution is 2.44. The first-order chi connectivity index (χ1) is 23.4. The predicted molar refractivity (Wildman–Crippen MR) is 183 cm³/mol. The fraction of sp³-hybridized carbons (Fsp3) is 0.647.